The van der Waals surface area contributed by atoms with E-state index in [2.05, 4.69) is 20.8 Å². The molecule has 1 saturated heterocycles. The van der Waals surface area contributed by atoms with Crippen molar-refractivity contribution in [3.05, 3.63) is 47.4 Å². The van der Waals surface area contributed by atoms with Crippen molar-refractivity contribution in [1.82, 2.24) is 20.8 Å². The average molecular weight is 344 g/mol. The lowest BCUT2D eigenvalue weighted by atomic mass is 9.91. The van der Waals surface area contributed by atoms with Crippen molar-refractivity contribution in [3.8, 4) is 0 Å². The Balaban J connectivity index is 1.57. The zero-order chi connectivity index (χ0) is 17.4. The lowest BCUT2D eigenvalue weighted by Crippen LogP contribution is -2.36. The van der Waals surface area contributed by atoms with Crippen LogP contribution in [0.2, 0.25) is 0 Å². The summed E-state index contributed by atoms with van der Waals surface area (Å²) < 4.78 is 19.3. The standard InChI is InChI=1S/C18H21FN4O2/c1-11-21-16(23-25-11)15(12-4-2-3-5-14(12)19)22-17(24)13-10-18(13)6-8-20-9-7-18/h2-5,13,15,20H,6-10H2,1H3,(H,22,24). The van der Waals surface area contributed by atoms with E-state index in [1.54, 1.807) is 25.1 Å². The fourth-order valence-electron chi connectivity index (χ4n) is 3.86. The lowest BCUT2D eigenvalue weighted by molar-refractivity contribution is -0.123. The zero-order valence-corrected chi connectivity index (χ0v) is 14.1. The van der Waals surface area contributed by atoms with E-state index in [0.717, 1.165) is 32.4 Å². The minimum Gasteiger partial charge on any atom is -0.342 e. The van der Waals surface area contributed by atoms with Gasteiger partial charge in [-0.05, 0) is 43.8 Å². The maximum Gasteiger partial charge on any atom is 0.224 e. The molecule has 2 N–H and O–H groups in total. The number of amides is 1. The molecule has 0 bridgehead atoms. The van der Waals surface area contributed by atoms with E-state index in [-0.39, 0.29) is 23.1 Å². The maximum absolute atomic E-state index is 14.3. The molecule has 2 aliphatic rings. The number of piperidine rings is 1. The summed E-state index contributed by atoms with van der Waals surface area (Å²) in [4.78, 5) is 17.0. The number of aryl methyl sites for hydroxylation is 1. The summed E-state index contributed by atoms with van der Waals surface area (Å²) in [5.41, 5.74) is 0.458. The second kappa shape index (κ2) is 6.22. The molecule has 1 amide bonds. The minimum absolute atomic E-state index is 0.0168. The van der Waals surface area contributed by atoms with Gasteiger partial charge in [-0.15, -0.1) is 0 Å². The number of aromatic nitrogens is 2. The molecule has 4 rings (SSSR count). The molecule has 132 valence electrons. The monoisotopic (exact) mass is 344 g/mol. The molecule has 1 saturated carbocycles. The van der Waals surface area contributed by atoms with Crippen molar-refractivity contribution in [2.75, 3.05) is 13.1 Å². The second-order valence-electron chi connectivity index (χ2n) is 7.00. The summed E-state index contributed by atoms with van der Waals surface area (Å²) in [5, 5.41) is 10.2. The van der Waals surface area contributed by atoms with Gasteiger partial charge in [-0.2, -0.15) is 4.98 Å². The highest BCUT2D eigenvalue weighted by molar-refractivity contribution is 5.83. The van der Waals surface area contributed by atoms with Crippen molar-refractivity contribution in [2.24, 2.45) is 11.3 Å². The van der Waals surface area contributed by atoms with Crippen LogP contribution in [-0.2, 0) is 4.79 Å². The van der Waals surface area contributed by atoms with Crippen molar-refractivity contribution >= 4 is 5.91 Å². The van der Waals surface area contributed by atoms with E-state index in [4.69, 9.17) is 4.52 Å². The molecule has 2 aromatic rings. The van der Waals surface area contributed by atoms with Crippen molar-refractivity contribution in [2.45, 2.75) is 32.2 Å². The van der Waals surface area contributed by atoms with Crippen molar-refractivity contribution in [1.29, 1.82) is 0 Å². The number of hydrogen-bond acceptors (Lipinski definition) is 5. The van der Waals surface area contributed by atoms with Crippen LogP contribution in [-0.4, -0.2) is 29.1 Å². The number of halogens is 1. The second-order valence-corrected chi connectivity index (χ2v) is 7.00. The molecule has 7 heteroatoms. The fourth-order valence-corrected chi connectivity index (χ4v) is 3.86. The number of benzene rings is 1. The number of rotatable bonds is 4. The van der Waals surface area contributed by atoms with Crippen LogP contribution in [0.1, 0.15) is 42.6 Å². The molecular weight excluding hydrogens is 323 g/mol. The summed E-state index contributed by atoms with van der Waals surface area (Å²) in [5.74, 6) is 0.180. The van der Waals surface area contributed by atoms with Gasteiger partial charge in [0, 0.05) is 18.4 Å². The number of nitrogens with one attached hydrogen (secondary N) is 2. The summed E-state index contributed by atoms with van der Waals surface area (Å²) >= 11 is 0. The topological polar surface area (TPSA) is 80.0 Å². The third-order valence-corrected chi connectivity index (χ3v) is 5.41. The Morgan fingerprint density at radius 1 is 1.40 bits per heavy atom. The van der Waals surface area contributed by atoms with E-state index in [1.165, 1.54) is 6.07 Å². The van der Waals surface area contributed by atoms with E-state index in [0.29, 0.717) is 11.5 Å². The third-order valence-electron chi connectivity index (χ3n) is 5.41. The smallest absolute Gasteiger partial charge is 0.224 e. The molecule has 25 heavy (non-hydrogen) atoms. The SMILES string of the molecule is Cc1nc(C(NC(=O)C2CC23CCNCC3)c2ccccc2F)no1. The van der Waals surface area contributed by atoms with Gasteiger partial charge < -0.3 is 15.2 Å². The Kier molecular flexibility index (Phi) is 4.03. The zero-order valence-electron chi connectivity index (χ0n) is 14.1. The Bertz CT molecular complexity index is 785. The van der Waals surface area contributed by atoms with Gasteiger partial charge in [0.1, 0.15) is 11.9 Å². The fraction of sp³-hybridized carbons (Fsp3) is 0.500. The average Bonchev–Trinajstić information content (AvgIpc) is 3.12. The predicted molar refractivity (Wildman–Crippen MR) is 88.1 cm³/mol. The lowest BCUT2D eigenvalue weighted by Gasteiger charge is -2.24. The highest BCUT2D eigenvalue weighted by atomic mass is 19.1. The Hall–Kier alpha value is -2.28. The van der Waals surface area contributed by atoms with E-state index in [1.807, 2.05) is 0 Å². The molecule has 1 spiro atoms. The van der Waals surface area contributed by atoms with Gasteiger partial charge in [0.05, 0.1) is 0 Å². The van der Waals surface area contributed by atoms with Crippen LogP contribution in [0.15, 0.2) is 28.8 Å². The first kappa shape index (κ1) is 16.2. The molecule has 1 aromatic carbocycles. The van der Waals surface area contributed by atoms with Gasteiger partial charge in [0.25, 0.3) is 0 Å². The van der Waals surface area contributed by atoms with Crippen molar-refractivity contribution in [3.63, 3.8) is 0 Å². The number of hydrogen-bond donors (Lipinski definition) is 2. The van der Waals surface area contributed by atoms with Crippen LogP contribution >= 0.6 is 0 Å². The molecule has 1 aliphatic heterocycles. The van der Waals surface area contributed by atoms with Crippen LogP contribution in [0.3, 0.4) is 0 Å². The third kappa shape index (κ3) is 3.04. The quantitative estimate of drug-likeness (QED) is 0.888. The molecular formula is C18H21FN4O2. The van der Waals surface area contributed by atoms with Crippen LogP contribution in [0, 0.1) is 24.1 Å². The number of carbonyl (C=O) groups excluding carboxylic acids is 1. The highest BCUT2D eigenvalue weighted by Crippen LogP contribution is 2.58. The molecule has 0 radical (unpaired) electrons. The van der Waals surface area contributed by atoms with Gasteiger partial charge in [0.2, 0.25) is 11.8 Å². The molecule has 1 aliphatic carbocycles. The van der Waals surface area contributed by atoms with Crippen molar-refractivity contribution < 1.29 is 13.7 Å². The van der Waals surface area contributed by atoms with E-state index >= 15 is 0 Å². The molecule has 2 fully saturated rings. The maximum atomic E-state index is 14.3. The molecule has 2 heterocycles. The number of carbonyl (C=O) groups is 1. The first-order chi connectivity index (χ1) is 12.1. The Labute approximate surface area is 145 Å². The molecule has 6 nitrogen and oxygen atoms in total. The van der Waals surface area contributed by atoms with Crippen LogP contribution in [0.4, 0.5) is 4.39 Å². The minimum atomic E-state index is -0.745. The molecule has 1 aromatic heterocycles. The van der Waals surface area contributed by atoms with E-state index < -0.39 is 11.9 Å². The predicted octanol–water partition coefficient (Wildman–Crippen LogP) is 2.11. The van der Waals surface area contributed by atoms with Crippen LogP contribution < -0.4 is 10.6 Å². The van der Waals surface area contributed by atoms with Gasteiger partial charge >= 0.3 is 0 Å². The summed E-state index contributed by atoms with van der Waals surface area (Å²) in [6.45, 7) is 3.57. The van der Waals surface area contributed by atoms with Gasteiger partial charge in [0.15, 0.2) is 5.82 Å². The highest BCUT2D eigenvalue weighted by Gasteiger charge is 2.57. The number of nitrogens with zero attached hydrogens (tertiary/aromatic N) is 2. The van der Waals surface area contributed by atoms with Gasteiger partial charge in [-0.3, -0.25) is 4.79 Å². The van der Waals surface area contributed by atoms with Gasteiger partial charge in [-0.1, -0.05) is 23.4 Å². The first-order valence-electron chi connectivity index (χ1n) is 8.65. The van der Waals surface area contributed by atoms with E-state index in [9.17, 15) is 9.18 Å². The molecule has 2 atom stereocenters. The first-order valence-corrected chi connectivity index (χ1v) is 8.65. The normalized spacial score (nSPS) is 22.6. The van der Waals surface area contributed by atoms with Crippen LogP contribution in [0.5, 0.6) is 0 Å². The summed E-state index contributed by atoms with van der Waals surface area (Å²) in [7, 11) is 0. The Morgan fingerprint density at radius 3 is 2.84 bits per heavy atom. The molecule has 2 unspecified atom stereocenters. The van der Waals surface area contributed by atoms with Crippen LogP contribution in [0.25, 0.3) is 0 Å². The van der Waals surface area contributed by atoms with Gasteiger partial charge in [-0.25, -0.2) is 4.39 Å². The largest absolute Gasteiger partial charge is 0.342 e. The summed E-state index contributed by atoms with van der Waals surface area (Å²) in [6, 6.07) is 5.61. The Morgan fingerprint density at radius 2 is 2.16 bits per heavy atom. The summed E-state index contributed by atoms with van der Waals surface area (Å²) in [6.07, 6.45) is 2.92.